The SMILES string of the molecule is COc1cccc([C@@]2(CCOCc3ccccc3)[C@@H]3CC(=O)CC[C@@]32NC(=O)OC(C)(C)C)c1. The summed E-state index contributed by atoms with van der Waals surface area (Å²) in [5.74, 6) is 0.979. The van der Waals surface area contributed by atoms with Crippen molar-refractivity contribution in [2.24, 2.45) is 5.92 Å². The first-order valence-electron chi connectivity index (χ1n) is 12.0. The van der Waals surface area contributed by atoms with Crippen molar-refractivity contribution in [1.82, 2.24) is 5.32 Å². The molecule has 182 valence electrons. The standard InChI is InChI=1S/C28H35NO5/c1-26(2,3)34-25(31)29-28-14-13-22(30)18-24(28)27(28,21-11-8-12-23(17-21)32-4)15-16-33-19-20-9-6-5-7-10-20/h5-12,17,24H,13-16,18-19H2,1-4H3,(H,29,31)/t24-,27-,28+/m0/s1. The van der Waals surface area contributed by atoms with Crippen molar-refractivity contribution in [3.05, 3.63) is 65.7 Å². The molecule has 0 radical (unpaired) electrons. The van der Waals surface area contributed by atoms with Crippen LogP contribution in [0.4, 0.5) is 4.79 Å². The van der Waals surface area contributed by atoms with Crippen molar-refractivity contribution in [3.8, 4) is 5.75 Å². The van der Waals surface area contributed by atoms with Gasteiger partial charge in [0.15, 0.2) is 0 Å². The van der Waals surface area contributed by atoms with Crippen molar-refractivity contribution in [2.75, 3.05) is 13.7 Å². The van der Waals surface area contributed by atoms with Gasteiger partial charge in [-0.15, -0.1) is 0 Å². The molecule has 34 heavy (non-hydrogen) atoms. The highest BCUT2D eigenvalue weighted by molar-refractivity contribution is 5.84. The molecular weight excluding hydrogens is 430 g/mol. The Hall–Kier alpha value is -2.86. The Morgan fingerprint density at radius 2 is 1.88 bits per heavy atom. The predicted molar refractivity (Wildman–Crippen MR) is 130 cm³/mol. The number of nitrogens with one attached hydrogen (secondary N) is 1. The first-order valence-corrected chi connectivity index (χ1v) is 12.0. The first-order chi connectivity index (χ1) is 16.2. The van der Waals surface area contributed by atoms with Gasteiger partial charge < -0.3 is 19.5 Å². The normalized spacial score (nSPS) is 25.9. The molecule has 2 aliphatic rings. The van der Waals surface area contributed by atoms with Crippen LogP contribution >= 0.6 is 0 Å². The molecule has 2 saturated carbocycles. The van der Waals surface area contributed by atoms with Gasteiger partial charge in [0.2, 0.25) is 0 Å². The monoisotopic (exact) mass is 465 g/mol. The van der Waals surface area contributed by atoms with E-state index in [1.807, 2.05) is 69.3 Å². The number of carbonyl (C=O) groups is 2. The maximum Gasteiger partial charge on any atom is 0.408 e. The van der Waals surface area contributed by atoms with E-state index in [0.29, 0.717) is 38.9 Å². The zero-order chi connectivity index (χ0) is 24.4. The van der Waals surface area contributed by atoms with Gasteiger partial charge in [0.25, 0.3) is 0 Å². The average molecular weight is 466 g/mol. The van der Waals surface area contributed by atoms with Crippen LogP contribution < -0.4 is 10.1 Å². The molecule has 0 heterocycles. The molecule has 6 nitrogen and oxygen atoms in total. The van der Waals surface area contributed by atoms with Crippen LogP contribution in [0.2, 0.25) is 0 Å². The first kappa shape index (κ1) is 24.3. The zero-order valence-electron chi connectivity index (χ0n) is 20.6. The third kappa shape index (κ3) is 4.69. The zero-order valence-corrected chi connectivity index (χ0v) is 20.6. The van der Waals surface area contributed by atoms with Gasteiger partial charge in [0.1, 0.15) is 17.1 Å². The number of benzene rings is 2. The molecule has 3 atom stereocenters. The second kappa shape index (κ2) is 9.41. The topological polar surface area (TPSA) is 73.9 Å². The van der Waals surface area contributed by atoms with Crippen molar-refractivity contribution in [3.63, 3.8) is 0 Å². The molecule has 2 aromatic carbocycles. The van der Waals surface area contributed by atoms with E-state index in [0.717, 1.165) is 16.9 Å². The fourth-order valence-electron chi connectivity index (χ4n) is 5.75. The van der Waals surface area contributed by atoms with Gasteiger partial charge >= 0.3 is 6.09 Å². The third-order valence-corrected chi connectivity index (χ3v) is 7.19. The van der Waals surface area contributed by atoms with E-state index in [1.165, 1.54) is 0 Å². The minimum Gasteiger partial charge on any atom is -0.497 e. The summed E-state index contributed by atoms with van der Waals surface area (Å²) < 4.78 is 17.2. The number of carbonyl (C=O) groups excluding carboxylic acids is 2. The number of ketones is 1. The summed E-state index contributed by atoms with van der Waals surface area (Å²) in [6.07, 6.45) is 1.71. The molecule has 2 aliphatic carbocycles. The number of hydrogen-bond acceptors (Lipinski definition) is 5. The largest absolute Gasteiger partial charge is 0.497 e. The summed E-state index contributed by atoms with van der Waals surface area (Å²) in [6, 6.07) is 18.0. The number of amides is 1. The van der Waals surface area contributed by atoms with E-state index in [4.69, 9.17) is 14.2 Å². The van der Waals surface area contributed by atoms with E-state index < -0.39 is 22.6 Å². The molecule has 4 rings (SSSR count). The van der Waals surface area contributed by atoms with Gasteiger partial charge in [-0.05, 0) is 56.9 Å². The Morgan fingerprint density at radius 3 is 2.59 bits per heavy atom. The molecule has 1 amide bonds. The van der Waals surface area contributed by atoms with Crippen LogP contribution in [-0.4, -0.2) is 36.7 Å². The van der Waals surface area contributed by atoms with E-state index in [2.05, 4.69) is 11.4 Å². The van der Waals surface area contributed by atoms with E-state index in [1.54, 1.807) is 7.11 Å². The summed E-state index contributed by atoms with van der Waals surface area (Å²) >= 11 is 0. The molecule has 0 aromatic heterocycles. The van der Waals surface area contributed by atoms with Crippen molar-refractivity contribution in [1.29, 1.82) is 0 Å². The van der Waals surface area contributed by atoms with Crippen LogP contribution in [0.15, 0.2) is 54.6 Å². The van der Waals surface area contributed by atoms with Crippen LogP contribution in [0, 0.1) is 5.92 Å². The number of hydrogen-bond donors (Lipinski definition) is 1. The summed E-state index contributed by atoms with van der Waals surface area (Å²) in [6.45, 7) is 6.59. The van der Waals surface area contributed by atoms with Crippen LogP contribution in [0.3, 0.4) is 0 Å². The van der Waals surface area contributed by atoms with Crippen LogP contribution in [0.5, 0.6) is 5.75 Å². The lowest BCUT2D eigenvalue weighted by molar-refractivity contribution is -0.120. The molecule has 0 unspecified atom stereocenters. The molecule has 1 N–H and O–H groups in total. The Bertz CT molecular complexity index is 1030. The summed E-state index contributed by atoms with van der Waals surface area (Å²) in [4.78, 5) is 25.4. The summed E-state index contributed by atoms with van der Waals surface area (Å²) in [5.41, 5.74) is 0.592. The minimum atomic E-state index is -0.604. The molecular formula is C28H35NO5. The number of ether oxygens (including phenoxy) is 3. The van der Waals surface area contributed by atoms with Crippen LogP contribution in [-0.2, 0) is 26.3 Å². The maximum atomic E-state index is 12.9. The summed E-state index contributed by atoms with van der Waals surface area (Å²) in [7, 11) is 1.65. The number of methoxy groups -OCH3 is 1. The summed E-state index contributed by atoms with van der Waals surface area (Å²) in [5, 5.41) is 3.22. The Balaban J connectivity index is 1.62. The van der Waals surface area contributed by atoms with Gasteiger partial charge in [0.05, 0.1) is 19.3 Å². The molecule has 0 spiro atoms. The highest BCUT2D eigenvalue weighted by Crippen LogP contribution is 2.70. The van der Waals surface area contributed by atoms with Gasteiger partial charge in [-0.2, -0.15) is 0 Å². The van der Waals surface area contributed by atoms with E-state index in [-0.39, 0.29) is 11.7 Å². The minimum absolute atomic E-state index is 0.0128. The number of rotatable bonds is 8. The number of alkyl carbamates (subject to hydrolysis) is 1. The molecule has 2 aromatic rings. The highest BCUT2D eigenvalue weighted by Gasteiger charge is 2.78. The van der Waals surface area contributed by atoms with E-state index >= 15 is 0 Å². The second-order valence-electron chi connectivity index (χ2n) is 10.4. The van der Waals surface area contributed by atoms with Gasteiger partial charge in [0, 0.05) is 30.8 Å². The maximum absolute atomic E-state index is 12.9. The predicted octanol–water partition coefficient (Wildman–Crippen LogP) is 5.19. The smallest absolute Gasteiger partial charge is 0.408 e. The fourth-order valence-corrected chi connectivity index (χ4v) is 5.75. The molecule has 0 saturated heterocycles. The lowest BCUT2D eigenvalue weighted by Gasteiger charge is -2.30. The van der Waals surface area contributed by atoms with Crippen molar-refractivity contribution < 1.29 is 23.8 Å². The van der Waals surface area contributed by atoms with Crippen molar-refractivity contribution >= 4 is 11.9 Å². The molecule has 0 aliphatic heterocycles. The third-order valence-electron chi connectivity index (χ3n) is 7.19. The average Bonchev–Trinajstić information content (AvgIpc) is 3.36. The Kier molecular flexibility index (Phi) is 6.72. The number of fused-ring (bicyclic) bond motifs is 1. The van der Waals surface area contributed by atoms with Crippen LogP contribution in [0.25, 0.3) is 0 Å². The lowest BCUT2D eigenvalue weighted by Crippen LogP contribution is -2.47. The molecule has 0 bridgehead atoms. The lowest BCUT2D eigenvalue weighted by atomic mass is 9.85. The number of Topliss-reactive ketones (excluding diaryl/α,β-unsaturated/α-hetero) is 1. The van der Waals surface area contributed by atoms with Gasteiger partial charge in [-0.1, -0.05) is 42.5 Å². The highest BCUT2D eigenvalue weighted by atomic mass is 16.6. The second-order valence-corrected chi connectivity index (χ2v) is 10.4. The Labute approximate surface area is 202 Å². The van der Waals surface area contributed by atoms with Gasteiger partial charge in [-0.25, -0.2) is 4.79 Å². The Morgan fingerprint density at radius 1 is 1.12 bits per heavy atom. The van der Waals surface area contributed by atoms with Crippen LogP contribution in [0.1, 0.15) is 57.6 Å². The quantitative estimate of drug-likeness (QED) is 0.544. The van der Waals surface area contributed by atoms with Gasteiger partial charge in [-0.3, -0.25) is 4.79 Å². The molecule has 6 heteroatoms. The fraction of sp³-hybridized carbons (Fsp3) is 0.500. The van der Waals surface area contributed by atoms with E-state index in [9.17, 15) is 9.59 Å². The molecule has 2 fully saturated rings. The van der Waals surface area contributed by atoms with Crippen molar-refractivity contribution in [2.45, 2.75) is 69.6 Å².